The summed E-state index contributed by atoms with van der Waals surface area (Å²) in [6, 6.07) is 34.6. The largest absolute Gasteiger partial charge is 0.508 e. The number of aliphatic imine (C=N–C) groups is 1. The Labute approximate surface area is 201 Å². The second-order valence-corrected chi connectivity index (χ2v) is 10.9. The first-order valence-electron chi connectivity index (χ1n) is 11.2. The minimum atomic E-state index is -3.09. The third-order valence-electron chi connectivity index (χ3n) is 5.76. The average Bonchev–Trinajstić information content (AvgIpc) is 2.95. The highest BCUT2D eigenvalue weighted by molar-refractivity contribution is 6.82. The maximum atomic E-state index is 6.97. The predicted molar refractivity (Wildman–Crippen MR) is 139 cm³/mol. The van der Waals surface area contributed by atoms with Crippen LogP contribution in [0.2, 0.25) is 6.04 Å². The van der Waals surface area contributed by atoms with Crippen LogP contribution in [0.15, 0.2) is 121 Å². The fourth-order valence-electron chi connectivity index (χ4n) is 4.12. The summed E-state index contributed by atoms with van der Waals surface area (Å²) in [5.41, 5.74) is 3.44. The lowest BCUT2D eigenvalue weighted by atomic mass is 10.0. The van der Waals surface area contributed by atoms with Crippen molar-refractivity contribution in [2.45, 2.75) is 6.04 Å². The molecule has 0 N–H and O–H groups in total. The van der Waals surface area contributed by atoms with E-state index in [1.807, 2.05) is 84.9 Å². The highest BCUT2D eigenvalue weighted by atomic mass is 28.4. The molecule has 0 saturated heterocycles. The number of rotatable bonds is 5. The third kappa shape index (κ3) is 4.13. The van der Waals surface area contributed by atoms with E-state index >= 15 is 0 Å². The number of benzene rings is 4. The molecule has 34 heavy (non-hydrogen) atoms. The molecule has 0 saturated carbocycles. The van der Waals surface area contributed by atoms with Crippen LogP contribution in [0.5, 0.6) is 17.2 Å². The molecule has 1 aliphatic rings. The zero-order valence-corrected chi connectivity index (χ0v) is 20.0. The maximum Gasteiger partial charge on any atom is 0.499 e. The molecule has 0 radical (unpaired) electrons. The fraction of sp³-hybridized carbons (Fsp3) is 0.0690. The van der Waals surface area contributed by atoms with E-state index in [-0.39, 0.29) is 0 Å². The van der Waals surface area contributed by atoms with E-state index in [9.17, 15) is 0 Å². The van der Waals surface area contributed by atoms with Crippen LogP contribution in [0.1, 0.15) is 11.1 Å². The lowest BCUT2D eigenvalue weighted by Crippen LogP contribution is -2.59. The number of para-hydroxylation sites is 2. The first-order valence-corrected chi connectivity index (χ1v) is 13.2. The molecule has 0 fully saturated rings. The van der Waals surface area contributed by atoms with Gasteiger partial charge in [-0.05, 0) is 24.3 Å². The molecule has 4 aromatic rings. The summed E-state index contributed by atoms with van der Waals surface area (Å²) >= 11 is 0. The predicted octanol–water partition coefficient (Wildman–Crippen LogP) is 6.17. The molecule has 0 amide bonds. The molecule has 1 heterocycles. The van der Waals surface area contributed by atoms with Gasteiger partial charge in [-0.2, -0.15) is 0 Å². The van der Waals surface area contributed by atoms with Crippen LogP contribution in [0, 0.1) is 0 Å². The number of hydrogen-bond acceptors (Lipinski definition) is 4. The summed E-state index contributed by atoms with van der Waals surface area (Å²) < 4.78 is 19.4. The Morgan fingerprint density at radius 3 is 2.24 bits per heavy atom. The summed E-state index contributed by atoms with van der Waals surface area (Å²) in [6.07, 6.45) is 1.87. The second-order valence-electron chi connectivity index (χ2n) is 7.97. The van der Waals surface area contributed by atoms with Crippen LogP contribution in [-0.2, 0) is 0 Å². The summed E-state index contributed by atoms with van der Waals surface area (Å²) in [5, 5.41) is 1.02. The van der Waals surface area contributed by atoms with Crippen molar-refractivity contribution < 1.29 is 13.6 Å². The SMILES string of the molecule is C=CC[Si]1(c2ccccc2)Oc2ccccc2N=C(c2ccccc2)c2ccc(OC)cc2O1. The van der Waals surface area contributed by atoms with Crippen LogP contribution in [0.3, 0.4) is 0 Å². The summed E-state index contributed by atoms with van der Waals surface area (Å²) in [7, 11) is -1.44. The zero-order valence-electron chi connectivity index (χ0n) is 19.0. The van der Waals surface area contributed by atoms with E-state index in [1.54, 1.807) is 7.11 Å². The molecule has 5 heteroatoms. The zero-order chi connectivity index (χ0) is 23.4. The van der Waals surface area contributed by atoms with Gasteiger partial charge in [0.2, 0.25) is 0 Å². The molecule has 0 spiro atoms. The molecular formula is C29H25NO3Si. The molecule has 0 aromatic heterocycles. The molecule has 0 aliphatic carbocycles. The Balaban J connectivity index is 1.82. The van der Waals surface area contributed by atoms with Crippen LogP contribution >= 0.6 is 0 Å². The van der Waals surface area contributed by atoms with Gasteiger partial charge in [0.1, 0.15) is 22.9 Å². The Morgan fingerprint density at radius 2 is 1.50 bits per heavy atom. The van der Waals surface area contributed by atoms with Crippen LogP contribution in [0.4, 0.5) is 5.69 Å². The normalized spacial score (nSPS) is 16.8. The third-order valence-corrected chi connectivity index (χ3v) is 8.90. The van der Waals surface area contributed by atoms with E-state index in [1.165, 1.54) is 0 Å². The molecule has 4 aromatic carbocycles. The quantitative estimate of drug-likeness (QED) is 0.262. The van der Waals surface area contributed by atoms with Crippen LogP contribution in [0.25, 0.3) is 0 Å². The number of allylic oxidation sites excluding steroid dienone is 1. The minimum absolute atomic E-state index is 0.558. The minimum Gasteiger partial charge on any atom is -0.508 e. The van der Waals surface area contributed by atoms with Gasteiger partial charge in [0.15, 0.2) is 0 Å². The van der Waals surface area contributed by atoms with E-state index in [0.717, 1.165) is 27.7 Å². The van der Waals surface area contributed by atoms with E-state index in [0.29, 0.717) is 23.3 Å². The molecular weight excluding hydrogens is 438 g/mol. The van der Waals surface area contributed by atoms with Crippen LogP contribution in [-0.4, -0.2) is 21.4 Å². The number of methoxy groups -OCH3 is 1. The van der Waals surface area contributed by atoms with E-state index in [4.69, 9.17) is 18.6 Å². The van der Waals surface area contributed by atoms with Gasteiger partial charge in [0.25, 0.3) is 0 Å². The van der Waals surface area contributed by atoms with Crippen molar-refractivity contribution in [3.63, 3.8) is 0 Å². The topological polar surface area (TPSA) is 40.0 Å². The van der Waals surface area contributed by atoms with Gasteiger partial charge in [-0.25, -0.2) is 4.99 Å². The first-order chi connectivity index (χ1) is 16.7. The Morgan fingerprint density at radius 1 is 0.824 bits per heavy atom. The van der Waals surface area contributed by atoms with Gasteiger partial charge in [-0.3, -0.25) is 0 Å². The molecule has 0 bridgehead atoms. The van der Waals surface area contributed by atoms with Gasteiger partial charge in [0.05, 0.1) is 12.8 Å². The lowest BCUT2D eigenvalue weighted by molar-refractivity contribution is 0.393. The standard InChI is InChI=1S/C29H25NO3Si/c1-3-20-34(24-14-8-5-9-15-24)32-27-17-11-10-16-26(27)30-29(22-12-6-4-7-13-22)25-19-18-23(31-2)21-28(25)33-34/h3-19,21H,1,20H2,2H3. The van der Waals surface area contributed by atoms with Crippen LogP contribution < -0.4 is 18.8 Å². The van der Waals surface area contributed by atoms with Crippen molar-refractivity contribution in [1.82, 2.24) is 0 Å². The number of hydrogen-bond donors (Lipinski definition) is 0. The van der Waals surface area contributed by atoms with Gasteiger partial charge in [-0.1, -0.05) is 78.9 Å². The van der Waals surface area contributed by atoms with Gasteiger partial charge >= 0.3 is 8.56 Å². The molecule has 4 nitrogen and oxygen atoms in total. The maximum absolute atomic E-state index is 6.97. The molecule has 168 valence electrons. The lowest BCUT2D eigenvalue weighted by Gasteiger charge is -2.31. The van der Waals surface area contributed by atoms with Crippen molar-refractivity contribution in [2.75, 3.05) is 7.11 Å². The van der Waals surface area contributed by atoms with Crippen molar-refractivity contribution >= 4 is 25.1 Å². The highest BCUT2D eigenvalue weighted by Gasteiger charge is 2.45. The summed E-state index contributed by atoms with van der Waals surface area (Å²) in [5.74, 6) is 2.07. The summed E-state index contributed by atoms with van der Waals surface area (Å²) in [4.78, 5) is 5.11. The monoisotopic (exact) mass is 463 g/mol. The number of nitrogens with zero attached hydrogens (tertiary/aromatic N) is 1. The molecule has 1 unspecified atom stereocenters. The van der Waals surface area contributed by atoms with Crippen molar-refractivity contribution in [3.05, 3.63) is 127 Å². The van der Waals surface area contributed by atoms with Gasteiger partial charge in [0, 0.05) is 28.4 Å². The Hall–Kier alpha value is -4.09. The Bertz CT molecular complexity index is 1340. The molecule has 1 atom stereocenters. The fourth-order valence-corrected chi connectivity index (χ4v) is 6.93. The molecule has 1 aliphatic heterocycles. The number of fused-ring (bicyclic) bond motifs is 2. The second kappa shape index (κ2) is 9.41. The van der Waals surface area contributed by atoms with Crippen molar-refractivity contribution in [2.24, 2.45) is 4.99 Å². The van der Waals surface area contributed by atoms with Crippen molar-refractivity contribution in [1.29, 1.82) is 0 Å². The average molecular weight is 464 g/mol. The highest BCUT2D eigenvalue weighted by Crippen LogP contribution is 2.38. The van der Waals surface area contributed by atoms with Crippen molar-refractivity contribution in [3.8, 4) is 17.2 Å². The Kier molecular flexibility index (Phi) is 6.02. The first kappa shape index (κ1) is 21.7. The smallest absolute Gasteiger partial charge is 0.499 e. The van der Waals surface area contributed by atoms with E-state index in [2.05, 4.69) is 30.8 Å². The van der Waals surface area contributed by atoms with Gasteiger partial charge in [-0.15, -0.1) is 6.58 Å². The van der Waals surface area contributed by atoms with Gasteiger partial charge < -0.3 is 13.6 Å². The number of ether oxygens (including phenoxy) is 1. The van der Waals surface area contributed by atoms with E-state index < -0.39 is 8.56 Å². The summed E-state index contributed by atoms with van der Waals surface area (Å²) in [6.45, 7) is 4.03. The molecule has 5 rings (SSSR count).